The fourth-order valence-electron chi connectivity index (χ4n) is 1.75. The van der Waals surface area contributed by atoms with E-state index in [1.165, 1.54) is 36.9 Å². The second kappa shape index (κ2) is 6.47. The molecule has 1 aromatic carbocycles. The summed E-state index contributed by atoms with van der Waals surface area (Å²) in [7, 11) is 0. The summed E-state index contributed by atoms with van der Waals surface area (Å²) < 4.78 is 0. The SMILES string of the molecule is CC.c1ccc2c(c1)CCCCCN2. The molecule has 2 rings (SSSR count). The monoisotopic (exact) mass is 191 g/mol. The molecule has 0 bridgehead atoms. The summed E-state index contributed by atoms with van der Waals surface area (Å²) in [5.41, 5.74) is 2.83. The third-order valence-corrected chi connectivity index (χ3v) is 2.46. The fraction of sp³-hybridized carbons (Fsp3) is 0.538. The summed E-state index contributed by atoms with van der Waals surface area (Å²) in [6.45, 7) is 5.14. The molecule has 1 aromatic rings. The molecule has 0 radical (unpaired) electrons. The summed E-state index contributed by atoms with van der Waals surface area (Å²) in [6, 6.07) is 8.64. The highest BCUT2D eigenvalue weighted by molar-refractivity contribution is 5.51. The van der Waals surface area contributed by atoms with E-state index in [0.29, 0.717) is 0 Å². The lowest BCUT2D eigenvalue weighted by molar-refractivity contribution is 0.686. The zero-order valence-electron chi connectivity index (χ0n) is 9.34. The Labute approximate surface area is 87.5 Å². The number of aryl methyl sites for hydroxylation is 1. The van der Waals surface area contributed by atoms with Crippen molar-refractivity contribution >= 4 is 5.69 Å². The maximum Gasteiger partial charge on any atom is 0.0372 e. The van der Waals surface area contributed by atoms with Crippen molar-refractivity contribution in [1.29, 1.82) is 0 Å². The lowest BCUT2D eigenvalue weighted by Crippen LogP contribution is -2.07. The molecule has 0 amide bonds. The number of hydrogen-bond acceptors (Lipinski definition) is 1. The number of benzene rings is 1. The van der Waals surface area contributed by atoms with E-state index >= 15 is 0 Å². The molecule has 0 aromatic heterocycles. The van der Waals surface area contributed by atoms with Gasteiger partial charge in [0.25, 0.3) is 0 Å². The average molecular weight is 191 g/mol. The molecule has 14 heavy (non-hydrogen) atoms. The van der Waals surface area contributed by atoms with Crippen molar-refractivity contribution in [2.75, 3.05) is 11.9 Å². The smallest absolute Gasteiger partial charge is 0.0372 e. The first-order chi connectivity index (χ1) is 6.97. The predicted molar refractivity (Wildman–Crippen MR) is 63.8 cm³/mol. The van der Waals surface area contributed by atoms with Crippen LogP contribution in [0.25, 0.3) is 0 Å². The zero-order valence-corrected chi connectivity index (χ0v) is 9.34. The molecule has 0 spiro atoms. The van der Waals surface area contributed by atoms with Gasteiger partial charge in [0, 0.05) is 12.2 Å². The molecule has 78 valence electrons. The maximum atomic E-state index is 3.47. The van der Waals surface area contributed by atoms with Crippen LogP contribution < -0.4 is 5.32 Å². The predicted octanol–water partition coefficient (Wildman–Crippen LogP) is 3.85. The van der Waals surface area contributed by atoms with Crippen molar-refractivity contribution in [1.82, 2.24) is 0 Å². The van der Waals surface area contributed by atoms with Gasteiger partial charge in [-0.05, 0) is 30.9 Å². The molecule has 0 saturated carbocycles. The fourth-order valence-corrected chi connectivity index (χ4v) is 1.75. The van der Waals surface area contributed by atoms with Crippen LogP contribution in [0.15, 0.2) is 24.3 Å². The van der Waals surface area contributed by atoms with Crippen LogP contribution in [0, 0.1) is 0 Å². The number of para-hydroxylation sites is 1. The summed E-state index contributed by atoms with van der Waals surface area (Å²) in [5.74, 6) is 0. The molecule has 1 N–H and O–H groups in total. The van der Waals surface area contributed by atoms with Crippen molar-refractivity contribution in [3.05, 3.63) is 29.8 Å². The Morgan fingerprint density at radius 2 is 1.79 bits per heavy atom. The summed E-state index contributed by atoms with van der Waals surface area (Å²) in [6.07, 6.45) is 5.26. The normalized spacial score (nSPS) is 15.0. The van der Waals surface area contributed by atoms with Crippen LogP contribution in [-0.4, -0.2) is 6.54 Å². The number of hydrogen-bond donors (Lipinski definition) is 1. The van der Waals surface area contributed by atoms with Crippen molar-refractivity contribution in [3.8, 4) is 0 Å². The Balaban J connectivity index is 0.000000461. The van der Waals surface area contributed by atoms with Gasteiger partial charge < -0.3 is 5.32 Å². The topological polar surface area (TPSA) is 12.0 Å². The van der Waals surface area contributed by atoms with Crippen LogP contribution in [0.2, 0.25) is 0 Å². The highest BCUT2D eigenvalue weighted by Crippen LogP contribution is 2.19. The number of nitrogens with one attached hydrogen (secondary N) is 1. The van der Waals surface area contributed by atoms with E-state index < -0.39 is 0 Å². The molecule has 1 heterocycles. The third kappa shape index (κ3) is 3.06. The Hall–Kier alpha value is -0.980. The van der Waals surface area contributed by atoms with Crippen LogP contribution in [0.1, 0.15) is 38.7 Å². The number of anilines is 1. The molecule has 0 unspecified atom stereocenters. The van der Waals surface area contributed by atoms with E-state index in [1.807, 2.05) is 13.8 Å². The first-order valence-corrected chi connectivity index (χ1v) is 5.78. The molecular formula is C13H21N. The molecule has 0 fully saturated rings. The van der Waals surface area contributed by atoms with Crippen LogP contribution in [-0.2, 0) is 6.42 Å². The van der Waals surface area contributed by atoms with E-state index in [-0.39, 0.29) is 0 Å². The second-order valence-corrected chi connectivity index (χ2v) is 3.39. The lowest BCUT2D eigenvalue weighted by atomic mass is 10.0. The Kier molecular flexibility index (Phi) is 5.13. The molecule has 0 aliphatic carbocycles. The maximum absolute atomic E-state index is 3.47. The first-order valence-electron chi connectivity index (χ1n) is 5.78. The molecule has 0 atom stereocenters. The summed E-state index contributed by atoms with van der Waals surface area (Å²) in [5, 5.41) is 3.47. The molecule has 1 heteroatoms. The lowest BCUT2D eigenvalue weighted by Gasteiger charge is -2.14. The van der Waals surface area contributed by atoms with Crippen LogP contribution in [0.5, 0.6) is 0 Å². The van der Waals surface area contributed by atoms with Gasteiger partial charge in [-0.3, -0.25) is 0 Å². The van der Waals surface area contributed by atoms with E-state index in [9.17, 15) is 0 Å². The van der Waals surface area contributed by atoms with E-state index in [0.717, 1.165) is 6.54 Å². The van der Waals surface area contributed by atoms with Gasteiger partial charge in [0.2, 0.25) is 0 Å². The summed E-state index contributed by atoms with van der Waals surface area (Å²) >= 11 is 0. The van der Waals surface area contributed by atoms with E-state index in [1.54, 1.807) is 0 Å². The second-order valence-electron chi connectivity index (χ2n) is 3.39. The highest BCUT2D eigenvalue weighted by atomic mass is 14.9. The number of rotatable bonds is 0. The van der Waals surface area contributed by atoms with Gasteiger partial charge in [-0.15, -0.1) is 0 Å². The Morgan fingerprint density at radius 1 is 1.00 bits per heavy atom. The highest BCUT2D eigenvalue weighted by Gasteiger charge is 2.03. The zero-order chi connectivity index (χ0) is 10.2. The largest absolute Gasteiger partial charge is 0.385 e. The van der Waals surface area contributed by atoms with Crippen LogP contribution >= 0.6 is 0 Å². The standard InChI is InChI=1S/C11H15N.C2H6/c1-2-6-10-7-3-4-8-11(10)12-9-5-1;1-2/h3-4,7-8,12H,1-2,5-6,9H2;1-2H3. The molecule has 1 aliphatic rings. The van der Waals surface area contributed by atoms with Gasteiger partial charge in [0.05, 0.1) is 0 Å². The third-order valence-electron chi connectivity index (χ3n) is 2.46. The molecular weight excluding hydrogens is 170 g/mol. The van der Waals surface area contributed by atoms with Gasteiger partial charge in [-0.2, -0.15) is 0 Å². The minimum Gasteiger partial charge on any atom is -0.385 e. The first kappa shape index (κ1) is 11.1. The van der Waals surface area contributed by atoms with Crippen molar-refractivity contribution in [2.24, 2.45) is 0 Å². The van der Waals surface area contributed by atoms with E-state index in [4.69, 9.17) is 0 Å². The minimum absolute atomic E-state index is 1.14. The van der Waals surface area contributed by atoms with Crippen LogP contribution in [0.3, 0.4) is 0 Å². The molecule has 1 nitrogen and oxygen atoms in total. The van der Waals surface area contributed by atoms with Gasteiger partial charge in [0.1, 0.15) is 0 Å². The van der Waals surface area contributed by atoms with Gasteiger partial charge >= 0.3 is 0 Å². The summed E-state index contributed by atoms with van der Waals surface area (Å²) in [4.78, 5) is 0. The van der Waals surface area contributed by atoms with Gasteiger partial charge in [-0.1, -0.05) is 38.5 Å². The number of fused-ring (bicyclic) bond motifs is 1. The quantitative estimate of drug-likeness (QED) is 0.656. The molecule has 1 aliphatic heterocycles. The Bertz CT molecular complexity index is 228. The van der Waals surface area contributed by atoms with Gasteiger partial charge in [0.15, 0.2) is 0 Å². The van der Waals surface area contributed by atoms with Crippen molar-refractivity contribution in [2.45, 2.75) is 39.5 Å². The Morgan fingerprint density at radius 3 is 2.64 bits per heavy atom. The van der Waals surface area contributed by atoms with Crippen molar-refractivity contribution in [3.63, 3.8) is 0 Å². The molecule has 0 saturated heterocycles. The van der Waals surface area contributed by atoms with Gasteiger partial charge in [-0.25, -0.2) is 0 Å². The van der Waals surface area contributed by atoms with E-state index in [2.05, 4.69) is 29.6 Å². The minimum atomic E-state index is 1.14. The van der Waals surface area contributed by atoms with Crippen LogP contribution in [0.4, 0.5) is 5.69 Å². The van der Waals surface area contributed by atoms with Crippen molar-refractivity contribution < 1.29 is 0 Å². The average Bonchev–Trinajstić information content (AvgIpc) is 2.22.